The van der Waals surface area contributed by atoms with Crippen LogP contribution in [-0.2, 0) is 14.2 Å². The zero-order valence-corrected chi connectivity index (χ0v) is 13.6. The maximum absolute atomic E-state index is 6.16. The quantitative estimate of drug-likeness (QED) is 0.444. The van der Waals surface area contributed by atoms with E-state index < -0.39 is 0 Å². The molecule has 1 aliphatic rings. The first-order valence-corrected chi connectivity index (χ1v) is 8.27. The molecular weight excluding hydrogens is 278 g/mol. The molecule has 5 heteroatoms. The van der Waals surface area contributed by atoms with Crippen LogP contribution in [0.2, 0.25) is 0 Å². The van der Waals surface area contributed by atoms with Crippen LogP contribution in [0.1, 0.15) is 32.1 Å². The molecule has 0 aromatic heterocycles. The Morgan fingerprint density at radius 3 is 2.25 bits per heavy atom. The molecule has 20 heavy (non-hydrogen) atoms. The lowest BCUT2D eigenvalue weighted by atomic mass is 9.75. The lowest BCUT2D eigenvalue weighted by Gasteiger charge is -2.35. The first kappa shape index (κ1) is 18.2. The molecule has 0 amide bonds. The molecule has 4 nitrogen and oxygen atoms in total. The van der Waals surface area contributed by atoms with Gasteiger partial charge in [-0.1, -0.05) is 19.3 Å². The van der Waals surface area contributed by atoms with Crippen molar-refractivity contribution in [1.29, 1.82) is 0 Å². The van der Waals surface area contributed by atoms with E-state index >= 15 is 0 Å². The van der Waals surface area contributed by atoms with Crippen molar-refractivity contribution in [1.82, 2.24) is 5.32 Å². The molecule has 0 radical (unpaired) electrons. The first-order chi connectivity index (χ1) is 9.83. The van der Waals surface area contributed by atoms with Crippen LogP contribution in [0.5, 0.6) is 0 Å². The number of hydrogen-bond donors (Lipinski definition) is 1. The average Bonchev–Trinajstić information content (AvgIpc) is 2.50. The molecule has 1 rings (SSSR count). The summed E-state index contributed by atoms with van der Waals surface area (Å²) in [5.41, 5.74) is 0.322. The van der Waals surface area contributed by atoms with Crippen LogP contribution >= 0.6 is 11.6 Å². The molecule has 1 saturated carbocycles. The molecule has 0 saturated heterocycles. The molecule has 0 unspecified atom stereocenters. The van der Waals surface area contributed by atoms with Gasteiger partial charge in [0, 0.05) is 26.1 Å². The Kier molecular flexibility index (Phi) is 10.7. The number of rotatable bonds is 12. The summed E-state index contributed by atoms with van der Waals surface area (Å²) in [4.78, 5) is 0. The Hall–Kier alpha value is 0.130. The third-order valence-electron chi connectivity index (χ3n) is 3.92. The smallest absolute Gasteiger partial charge is 0.0701 e. The van der Waals surface area contributed by atoms with Crippen LogP contribution in [-0.4, -0.2) is 59.1 Å². The SMILES string of the molecule is COCCOCCOCCNCC1(CCl)CCCCC1. The van der Waals surface area contributed by atoms with E-state index in [0.717, 1.165) is 25.6 Å². The van der Waals surface area contributed by atoms with Gasteiger partial charge in [0.1, 0.15) is 0 Å². The van der Waals surface area contributed by atoms with Gasteiger partial charge in [-0.15, -0.1) is 11.6 Å². The molecule has 0 bridgehead atoms. The van der Waals surface area contributed by atoms with Crippen LogP contribution in [0.15, 0.2) is 0 Å². The van der Waals surface area contributed by atoms with Crippen LogP contribution in [0.4, 0.5) is 0 Å². The van der Waals surface area contributed by atoms with Crippen LogP contribution in [0.3, 0.4) is 0 Å². The Morgan fingerprint density at radius 1 is 0.950 bits per heavy atom. The van der Waals surface area contributed by atoms with Crippen molar-refractivity contribution in [2.75, 3.05) is 59.1 Å². The van der Waals surface area contributed by atoms with Gasteiger partial charge in [-0.05, 0) is 18.3 Å². The minimum absolute atomic E-state index is 0.322. The van der Waals surface area contributed by atoms with Gasteiger partial charge >= 0.3 is 0 Å². The Bertz CT molecular complexity index is 223. The first-order valence-electron chi connectivity index (χ1n) is 7.74. The Balaban J connectivity index is 1.91. The Labute approximate surface area is 128 Å². The molecule has 1 aliphatic carbocycles. The molecule has 0 spiro atoms. The predicted octanol–water partition coefficient (Wildman–Crippen LogP) is 2.44. The van der Waals surface area contributed by atoms with Gasteiger partial charge in [-0.3, -0.25) is 0 Å². The highest BCUT2D eigenvalue weighted by atomic mass is 35.5. The van der Waals surface area contributed by atoms with E-state index in [0.29, 0.717) is 31.8 Å². The number of nitrogens with one attached hydrogen (secondary N) is 1. The summed E-state index contributed by atoms with van der Waals surface area (Å²) in [5, 5.41) is 3.49. The number of alkyl halides is 1. The van der Waals surface area contributed by atoms with Crippen molar-refractivity contribution in [3.8, 4) is 0 Å². The molecule has 1 fully saturated rings. The average molecular weight is 308 g/mol. The molecule has 0 aliphatic heterocycles. The number of methoxy groups -OCH3 is 1. The molecule has 0 atom stereocenters. The maximum Gasteiger partial charge on any atom is 0.0701 e. The maximum atomic E-state index is 6.16. The van der Waals surface area contributed by atoms with Crippen molar-refractivity contribution in [2.45, 2.75) is 32.1 Å². The van der Waals surface area contributed by atoms with Gasteiger partial charge in [-0.2, -0.15) is 0 Å². The third kappa shape index (κ3) is 7.79. The molecule has 1 N–H and O–H groups in total. The zero-order valence-electron chi connectivity index (χ0n) is 12.8. The fraction of sp³-hybridized carbons (Fsp3) is 1.00. The summed E-state index contributed by atoms with van der Waals surface area (Å²) in [6.45, 7) is 5.19. The van der Waals surface area contributed by atoms with Gasteiger partial charge in [0.25, 0.3) is 0 Å². The van der Waals surface area contributed by atoms with E-state index in [9.17, 15) is 0 Å². The highest BCUT2D eigenvalue weighted by Crippen LogP contribution is 2.36. The monoisotopic (exact) mass is 307 g/mol. The summed E-state index contributed by atoms with van der Waals surface area (Å²) in [7, 11) is 1.67. The van der Waals surface area contributed by atoms with Gasteiger partial charge in [-0.25, -0.2) is 0 Å². The minimum atomic E-state index is 0.322. The molecular formula is C15H30ClNO3. The lowest BCUT2D eigenvalue weighted by molar-refractivity contribution is 0.0251. The predicted molar refractivity (Wildman–Crippen MR) is 82.6 cm³/mol. The summed E-state index contributed by atoms with van der Waals surface area (Å²) >= 11 is 6.16. The van der Waals surface area contributed by atoms with Gasteiger partial charge in [0.2, 0.25) is 0 Å². The Morgan fingerprint density at radius 2 is 1.60 bits per heavy atom. The van der Waals surface area contributed by atoms with Gasteiger partial charge in [0.15, 0.2) is 0 Å². The van der Waals surface area contributed by atoms with E-state index in [1.807, 2.05) is 0 Å². The fourth-order valence-electron chi connectivity index (χ4n) is 2.62. The standard InChI is InChI=1S/C15H30ClNO3/c1-18-9-10-20-12-11-19-8-7-17-14-15(13-16)5-3-2-4-6-15/h17H,2-14H2,1H3. The van der Waals surface area contributed by atoms with E-state index in [1.165, 1.54) is 32.1 Å². The highest BCUT2D eigenvalue weighted by Gasteiger charge is 2.30. The number of halogens is 1. The fourth-order valence-corrected chi connectivity index (χ4v) is 2.98. The second-order valence-corrected chi connectivity index (χ2v) is 5.86. The summed E-state index contributed by atoms with van der Waals surface area (Å²) < 4.78 is 15.7. The largest absolute Gasteiger partial charge is 0.382 e. The van der Waals surface area contributed by atoms with Crippen LogP contribution < -0.4 is 5.32 Å². The molecule has 120 valence electrons. The van der Waals surface area contributed by atoms with Crippen molar-refractivity contribution in [2.24, 2.45) is 5.41 Å². The second-order valence-electron chi connectivity index (χ2n) is 5.59. The van der Waals surface area contributed by atoms with Crippen molar-refractivity contribution in [3.63, 3.8) is 0 Å². The van der Waals surface area contributed by atoms with Crippen molar-refractivity contribution in [3.05, 3.63) is 0 Å². The summed E-state index contributed by atoms with van der Waals surface area (Å²) in [5.74, 6) is 0.772. The second kappa shape index (κ2) is 11.8. The number of ether oxygens (including phenoxy) is 3. The van der Waals surface area contributed by atoms with E-state index in [2.05, 4.69) is 5.32 Å². The van der Waals surface area contributed by atoms with Gasteiger partial charge in [0.05, 0.1) is 33.0 Å². The van der Waals surface area contributed by atoms with Crippen molar-refractivity contribution >= 4 is 11.6 Å². The highest BCUT2D eigenvalue weighted by molar-refractivity contribution is 6.18. The lowest BCUT2D eigenvalue weighted by Crippen LogP contribution is -2.38. The summed E-state index contributed by atoms with van der Waals surface area (Å²) in [6.07, 6.45) is 6.54. The van der Waals surface area contributed by atoms with E-state index in [4.69, 9.17) is 25.8 Å². The topological polar surface area (TPSA) is 39.7 Å². The zero-order chi connectivity index (χ0) is 14.5. The summed E-state index contributed by atoms with van der Waals surface area (Å²) in [6, 6.07) is 0. The molecule has 0 aromatic rings. The third-order valence-corrected chi connectivity index (χ3v) is 4.49. The molecule has 0 aromatic carbocycles. The normalized spacial score (nSPS) is 18.3. The van der Waals surface area contributed by atoms with Crippen LogP contribution in [0.25, 0.3) is 0 Å². The van der Waals surface area contributed by atoms with Crippen molar-refractivity contribution < 1.29 is 14.2 Å². The minimum Gasteiger partial charge on any atom is -0.382 e. The molecule has 0 heterocycles. The van der Waals surface area contributed by atoms with E-state index in [-0.39, 0.29) is 0 Å². The van der Waals surface area contributed by atoms with Crippen LogP contribution in [0, 0.1) is 5.41 Å². The number of hydrogen-bond acceptors (Lipinski definition) is 4. The van der Waals surface area contributed by atoms with E-state index in [1.54, 1.807) is 7.11 Å². The van der Waals surface area contributed by atoms with Gasteiger partial charge < -0.3 is 19.5 Å².